The Labute approximate surface area is 125 Å². The van der Waals surface area contributed by atoms with Gasteiger partial charge in [0.2, 0.25) is 5.95 Å². The van der Waals surface area contributed by atoms with E-state index < -0.39 is 5.82 Å². The van der Waals surface area contributed by atoms with Gasteiger partial charge in [-0.1, -0.05) is 0 Å². The number of hydrogen-bond donors (Lipinski definition) is 2. The monoisotopic (exact) mass is 303 g/mol. The number of ether oxygens (including phenoxy) is 1. The topological polar surface area (TPSA) is 99.1 Å². The first-order chi connectivity index (χ1) is 10.6. The van der Waals surface area contributed by atoms with E-state index in [2.05, 4.69) is 15.1 Å². The lowest BCUT2D eigenvalue weighted by molar-refractivity contribution is 0.196. The van der Waals surface area contributed by atoms with E-state index in [0.717, 1.165) is 0 Å². The number of aliphatic hydroxyl groups excluding tert-OH is 1. The minimum atomic E-state index is -0.527. The minimum absolute atomic E-state index is 0.0376. The van der Waals surface area contributed by atoms with Crippen molar-refractivity contribution in [2.45, 2.75) is 0 Å². The fourth-order valence-electron chi connectivity index (χ4n) is 2.18. The molecule has 3 aromatic rings. The van der Waals surface area contributed by atoms with Crippen molar-refractivity contribution >= 4 is 17.0 Å². The van der Waals surface area contributed by atoms with Crippen LogP contribution in [0.15, 0.2) is 24.4 Å². The Kier molecular flexibility index (Phi) is 3.60. The molecule has 3 N–H and O–H groups in total. The number of aromatic nitrogens is 4. The van der Waals surface area contributed by atoms with E-state index >= 15 is 0 Å². The predicted molar refractivity (Wildman–Crippen MR) is 78.7 cm³/mol. The number of anilines is 1. The molecule has 1 aromatic carbocycles. The van der Waals surface area contributed by atoms with Crippen LogP contribution in [0, 0.1) is 5.82 Å². The van der Waals surface area contributed by atoms with Gasteiger partial charge in [0.25, 0.3) is 0 Å². The highest BCUT2D eigenvalue weighted by Gasteiger charge is 2.14. The molecule has 8 heteroatoms. The van der Waals surface area contributed by atoms with E-state index in [4.69, 9.17) is 15.6 Å². The lowest BCUT2D eigenvalue weighted by Crippen LogP contribution is -2.03. The van der Waals surface area contributed by atoms with Gasteiger partial charge in [-0.15, -0.1) is 0 Å². The second-order valence-electron chi connectivity index (χ2n) is 4.65. The third-order valence-corrected chi connectivity index (χ3v) is 3.15. The van der Waals surface area contributed by atoms with Gasteiger partial charge in [-0.3, -0.25) is 0 Å². The maximum atomic E-state index is 14.0. The number of rotatable bonds is 4. The summed E-state index contributed by atoms with van der Waals surface area (Å²) in [4.78, 5) is 8.08. The highest BCUT2D eigenvalue weighted by molar-refractivity contribution is 5.91. The van der Waals surface area contributed by atoms with E-state index in [0.29, 0.717) is 22.3 Å². The van der Waals surface area contributed by atoms with E-state index in [1.165, 1.54) is 12.1 Å². The van der Waals surface area contributed by atoms with Gasteiger partial charge in [0.15, 0.2) is 17.2 Å². The third-order valence-electron chi connectivity index (χ3n) is 3.15. The molecule has 0 amide bonds. The van der Waals surface area contributed by atoms with Crippen molar-refractivity contribution in [3.8, 4) is 17.0 Å². The minimum Gasteiger partial charge on any atom is -0.488 e. The molecule has 22 heavy (non-hydrogen) atoms. The van der Waals surface area contributed by atoms with Crippen LogP contribution in [0.3, 0.4) is 0 Å². The molecule has 0 atom stereocenters. The van der Waals surface area contributed by atoms with E-state index in [1.54, 1.807) is 24.0 Å². The van der Waals surface area contributed by atoms with Gasteiger partial charge in [-0.25, -0.2) is 14.1 Å². The molecule has 0 unspecified atom stereocenters. The van der Waals surface area contributed by atoms with Crippen molar-refractivity contribution in [3.05, 3.63) is 30.2 Å². The summed E-state index contributed by atoms with van der Waals surface area (Å²) in [6.07, 6.45) is 1.56. The molecular formula is C14H14FN5O2. The second-order valence-corrected chi connectivity index (χ2v) is 4.65. The summed E-state index contributed by atoms with van der Waals surface area (Å²) < 4.78 is 20.7. The Morgan fingerprint density at radius 2 is 2.23 bits per heavy atom. The van der Waals surface area contributed by atoms with Gasteiger partial charge >= 0.3 is 0 Å². The fraction of sp³-hybridized carbons (Fsp3) is 0.214. The molecule has 0 bridgehead atoms. The molecule has 0 aliphatic rings. The highest BCUT2D eigenvalue weighted by Crippen LogP contribution is 2.29. The van der Waals surface area contributed by atoms with Crippen molar-refractivity contribution in [3.63, 3.8) is 0 Å². The Balaban J connectivity index is 2.06. The third kappa shape index (κ3) is 2.44. The molecule has 2 aromatic heterocycles. The fourth-order valence-corrected chi connectivity index (χ4v) is 2.18. The number of halogens is 1. The molecule has 114 valence electrons. The van der Waals surface area contributed by atoms with E-state index in [9.17, 15) is 4.39 Å². The molecular weight excluding hydrogens is 289 g/mol. The van der Waals surface area contributed by atoms with E-state index in [-0.39, 0.29) is 24.9 Å². The van der Waals surface area contributed by atoms with Crippen LogP contribution in [0.2, 0.25) is 0 Å². The first-order valence-electron chi connectivity index (χ1n) is 6.59. The van der Waals surface area contributed by atoms with Crippen LogP contribution in [-0.4, -0.2) is 38.1 Å². The van der Waals surface area contributed by atoms with Crippen molar-refractivity contribution in [2.75, 3.05) is 18.9 Å². The zero-order chi connectivity index (χ0) is 15.7. The van der Waals surface area contributed by atoms with Crippen LogP contribution in [-0.2, 0) is 7.05 Å². The predicted octanol–water partition coefficient (Wildman–Crippen LogP) is 1.12. The summed E-state index contributed by atoms with van der Waals surface area (Å²) in [6, 6.07) is 4.51. The van der Waals surface area contributed by atoms with Gasteiger partial charge in [-0.2, -0.15) is 10.1 Å². The SMILES string of the molecule is Cn1nc(-c2ccc(OCCO)c(F)c2)c2cnc(N)nc21. The Morgan fingerprint density at radius 1 is 1.41 bits per heavy atom. The largest absolute Gasteiger partial charge is 0.488 e. The van der Waals surface area contributed by atoms with E-state index in [1.807, 2.05) is 0 Å². The Hall–Kier alpha value is -2.74. The molecule has 0 saturated heterocycles. The highest BCUT2D eigenvalue weighted by atomic mass is 19.1. The summed E-state index contributed by atoms with van der Waals surface area (Å²) in [5.41, 5.74) is 7.28. The number of aliphatic hydroxyl groups is 1. The van der Waals surface area contributed by atoms with Gasteiger partial charge < -0.3 is 15.6 Å². The van der Waals surface area contributed by atoms with Gasteiger partial charge in [0.05, 0.1) is 12.0 Å². The quantitative estimate of drug-likeness (QED) is 0.749. The zero-order valence-electron chi connectivity index (χ0n) is 11.8. The molecule has 2 heterocycles. The van der Waals surface area contributed by atoms with Crippen molar-refractivity contribution in [1.82, 2.24) is 19.7 Å². The van der Waals surface area contributed by atoms with Crippen molar-refractivity contribution in [2.24, 2.45) is 7.05 Å². The van der Waals surface area contributed by atoms with Gasteiger partial charge in [0, 0.05) is 18.8 Å². The lowest BCUT2D eigenvalue weighted by Gasteiger charge is -2.06. The number of nitrogen functional groups attached to an aromatic ring is 1. The zero-order valence-corrected chi connectivity index (χ0v) is 11.8. The number of nitrogens with zero attached hydrogens (tertiary/aromatic N) is 4. The second kappa shape index (κ2) is 5.57. The van der Waals surface area contributed by atoms with Crippen LogP contribution in [0.25, 0.3) is 22.3 Å². The first-order valence-corrected chi connectivity index (χ1v) is 6.59. The number of benzene rings is 1. The van der Waals surface area contributed by atoms with Crippen molar-refractivity contribution < 1.29 is 14.2 Å². The lowest BCUT2D eigenvalue weighted by atomic mass is 10.1. The number of fused-ring (bicyclic) bond motifs is 1. The number of aryl methyl sites for hydroxylation is 1. The average Bonchev–Trinajstić information content (AvgIpc) is 2.83. The normalized spacial score (nSPS) is 11.0. The molecule has 3 rings (SSSR count). The maximum Gasteiger partial charge on any atom is 0.222 e. The molecule has 0 aliphatic carbocycles. The summed E-state index contributed by atoms with van der Waals surface area (Å²) >= 11 is 0. The average molecular weight is 303 g/mol. The number of nitrogens with two attached hydrogens (primary N) is 1. The molecule has 7 nitrogen and oxygen atoms in total. The molecule has 0 fully saturated rings. The molecule has 0 radical (unpaired) electrons. The first kappa shape index (κ1) is 14.2. The Bertz CT molecular complexity index is 833. The molecule has 0 aliphatic heterocycles. The van der Waals surface area contributed by atoms with Gasteiger partial charge in [0.1, 0.15) is 12.3 Å². The standard InChI is InChI=1S/C14H14FN5O2/c1-20-13-9(7-17-14(16)18-13)12(19-20)8-2-3-11(10(15)6-8)22-5-4-21/h2-3,6-7,21H,4-5H2,1H3,(H2,16,17,18). The van der Waals surface area contributed by atoms with Crippen LogP contribution in [0.1, 0.15) is 0 Å². The van der Waals surface area contributed by atoms with Crippen LogP contribution in [0.4, 0.5) is 10.3 Å². The summed E-state index contributed by atoms with van der Waals surface area (Å²) in [5, 5.41) is 13.7. The summed E-state index contributed by atoms with van der Waals surface area (Å²) in [7, 11) is 1.73. The summed E-state index contributed by atoms with van der Waals surface area (Å²) in [6.45, 7) is -0.138. The number of hydrogen-bond acceptors (Lipinski definition) is 6. The molecule has 0 spiro atoms. The Morgan fingerprint density at radius 3 is 2.95 bits per heavy atom. The van der Waals surface area contributed by atoms with Crippen molar-refractivity contribution in [1.29, 1.82) is 0 Å². The smallest absolute Gasteiger partial charge is 0.222 e. The van der Waals surface area contributed by atoms with Crippen LogP contribution >= 0.6 is 0 Å². The maximum absolute atomic E-state index is 14.0. The van der Waals surface area contributed by atoms with Gasteiger partial charge in [-0.05, 0) is 18.2 Å². The van der Waals surface area contributed by atoms with Crippen LogP contribution in [0.5, 0.6) is 5.75 Å². The van der Waals surface area contributed by atoms with Crippen LogP contribution < -0.4 is 10.5 Å². The molecule has 0 saturated carbocycles. The summed E-state index contributed by atoms with van der Waals surface area (Å²) in [5.74, 6) is -0.291.